The molecule has 0 saturated carbocycles. The molecule has 0 unspecified atom stereocenters. The lowest BCUT2D eigenvalue weighted by Gasteiger charge is -2.40. The number of H-pyrrole nitrogens is 1. The maximum absolute atomic E-state index is 13.1. The van der Waals surface area contributed by atoms with Crippen molar-refractivity contribution in [3.8, 4) is 6.07 Å². The maximum atomic E-state index is 13.1. The molecule has 5 aromatic rings. The molecule has 0 atom stereocenters. The number of hydrogen-bond donors (Lipinski definition) is 3. The number of rotatable bonds is 8. The first-order valence-corrected chi connectivity index (χ1v) is 13.0. The van der Waals surface area contributed by atoms with Crippen LogP contribution < -0.4 is 10.9 Å². The summed E-state index contributed by atoms with van der Waals surface area (Å²) in [6.45, 7) is 1.36. The molecule has 15 heteroatoms. The van der Waals surface area contributed by atoms with Gasteiger partial charge in [-0.25, -0.2) is 4.79 Å². The Labute approximate surface area is 232 Å². The van der Waals surface area contributed by atoms with Crippen molar-refractivity contribution in [2.45, 2.75) is 37.9 Å². The first-order valence-electron chi connectivity index (χ1n) is 13.0. The molecule has 0 aliphatic carbocycles. The van der Waals surface area contributed by atoms with Gasteiger partial charge in [0.2, 0.25) is 0 Å². The van der Waals surface area contributed by atoms with E-state index in [2.05, 4.69) is 36.8 Å². The molecule has 1 fully saturated rings. The molecule has 1 aliphatic heterocycles. The third-order valence-electron chi connectivity index (χ3n) is 7.32. The zero-order valence-electron chi connectivity index (χ0n) is 21.9. The van der Waals surface area contributed by atoms with Crippen molar-refractivity contribution >= 4 is 28.5 Å². The highest BCUT2D eigenvalue weighted by atomic mass is 16.4. The molecule has 0 bridgehead atoms. The second-order valence-electron chi connectivity index (χ2n) is 9.94. The Bertz CT molecular complexity index is 1720. The number of carboxylic acid groups (broad SMARTS) is 1. The minimum atomic E-state index is -0.994. The van der Waals surface area contributed by atoms with Gasteiger partial charge < -0.3 is 20.3 Å². The predicted molar refractivity (Wildman–Crippen MR) is 145 cm³/mol. The van der Waals surface area contributed by atoms with Gasteiger partial charge in [0.25, 0.3) is 5.56 Å². The number of anilines is 2. The number of fused-ring (bicyclic) bond motifs is 1. The molecule has 3 N–H and O–H groups in total. The molecule has 4 aromatic heterocycles. The SMILES string of the molecule is N#CCC1(n2nc(Nc3cc(Cn4nccn4)cc(Cn4nccn4)c3)c3c(=O)[nH]ccc32)CCN(C(=O)O)CC1. The summed E-state index contributed by atoms with van der Waals surface area (Å²) in [4.78, 5) is 31.8. The van der Waals surface area contributed by atoms with E-state index < -0.39 is 11.6 Å². The molecule has 1 aliphatic rings. The quantitative estimate of drug-likeness (QED) is 0.256. The van der Waals surface area contributed by atoms with Crippen molar-refractivity contribution in [2.24, 2.45) is 0 Å². The molecule has 0 spiro atoms. The number of aromatic nitrogens is 9. The summed E-state index contributed by atoms with van der Waals surface area (Å²) in [6, 6.07) is 9.89. The first-order chi connectivity index (χ1) is 19.9. The molecule has 6 rings (SSSR count). The predicted octanol–water partition coefficient (Wildman–Crippen LogP) is 2.13. The Balaban J connectivity index is 1.41. The first kappa shape index (κ1) is 25.7. The van der Waals surface area contributed by atoms with Crippen molar-refractivity contribution in [3.63, 3.8) is 0 Å². The molecule has 1 amide bonds. The van der Waals surface area contributed by atoms with Gasteiger partial charge in [-0.05, 0) is 42.2 Å². The number of nitrogens with one attached hydrogen (secondary N) is 2. The van der Waals surface area contributed by atoms with Crippen LogP contribution in [0.3, 0.4) is 0 Å². The van der Waals surface area contributed by atoms with Gasteiger partial charge in [0, 0.05) is 25.0 Å². The third-order valence-corrected chi connectivity index (χ3v) is 7.32. The lowest BCUT2D eigenvalue weighted by atomic mass is 9.85. The number of piperidine rings is 1. The number of nitrogens with zero attached hydrogens (tertiary/aromatic N) is 10. The van der Waals surface area contributed by atoms with Gasteiger partial charge in [0.05, 0.1) is 61.4 Å². The van der Waals surface area contributed by atoms with Crippen LogP contribution in [0.5, 0.6) is 0 Å². The van der Waals surface area contributed by atoms with E-state index in [4.69, 9.17) is 5.10 Å². The Morgan fingerprint density at radius 2 is 1.63 bits per heavy atom. The van der Waals surface area contributed by atoms with Crippen LogP contribution in [0.1, 0.15) is 30.4 Å². The molecule has 5 heterocycles. The third kappa shape index (κ3) is 5.10. The minimum absolute atomic E-state index is 0.122. The van der Waals surface area contributed by atoms with Crippen molar-refractivity contribution in [2.75, 3.05) is 18.4 Å². The monoisotopic (exact) mass is 554 g/mol. The van der Waals surface area contributed by atoms with E-state index in [1.165, 1.54) is 4.90 Å². The van der Waals surface area contributed by atoms with Gasteiger partial charge in [-0.1, -0.05) is 6.07 Å². The Morgan fingerprint density at radius 3 is 2.20 bits per heavy atom. The smallest absolute Gasteiger partial charge is 0.407 e. The number of pyridine rings is 1. The van der Waals surface area contributed by atoms with Crippen LogP contribution in [0, 0.1) is 11.3 Å². The summed E-state index contributed by atoms with van der Waals surface area (Å²) in [5, 5.41) is 44.5. The second-order valence-corrected chi connectivity index (χ2v) is 9.94. The number of aromatic amines is 1. The molecular formula is C26H26N12O3. The zero-order chi connectivity index (χ0) is 28.4. The number of nitriles is 1. The van der Waals surface area contributed by atoms with Gasteiger partial charge in [-0.15, -0.1) is 0 Å². The van der Waals surface area contributed by atoms with Crippen LogP contribution in [-0.4, -0.2) is 73.9 Å². The highest BCUT2D eigenvalue weighted by molar-refractivity contribution is 5.91. The molecule has 1 aromatic carbocycles. The number of amides is 1. The van der Waals surface area contributed by atoms with Gasteiger partial charge in [0.15, 0.2) is 5.82 Å². The molecule has 208 valence electrons. The zero-order valence-corrected chi connectivity index (χ0v) is 21.9. The molecule has 0 radical (unpaired) electrons. The average molecular weight is 555 g/mol. The van der Waals surface area contributed by atoms with Crippen LogP contribution in [0.2, 0.25) is 0 Å². The fraction of sp³-hybridized carbons (Fsp3) is 0.308. The average Bonchev–Trinajstić information content (AvgIpc) is 3.72. The largest absolute Gasteiger partial charge is 0.465 e. The van der Waals surface area contributed by atoms with Crippen LogP contribution in [0.4, 0.5) is 16.3 Å². The number of hydrogen-bond acceptors (Lipinski definition) is 9. The van der Waals surface area contributed by atoms with Gasteiger partial charge in [0.1, 0.15) is 5.39 Å². The molecule has 41 heavy (non-hydrogen) atoms. The fourth-order valence-electron chi connectivity index (χ4n) is 5.38. The summed E-state index contributed by atoms with van der Waals surface area (Å²) < 4.78 is 1.73. The van der Waals surface area contributed by atoms with Crippen LogP contribution in [0.25, 0.3) is 10.9 Å². The minimum Gasteiger partial charge on any atom is -0.465 e. The summed E-state index contributed by atoms with van der Waals surface area (Å²) in [7, 11) is 0. The van der Waals surface area contributed by atoms with Crippen molar-refractivity contribution in [1.82, 2.24) is 49.7 Å². The summed E-state index contributed by atoms with van der Waals surface area (Å²) in [6.07, 6.45) is 7.90. The van der Waals surface area contributed by atoms with Gasteiger partial charge in [-0.3, -0.25) is 9.48 Å². The summed E-state index contributed by atoms with van der Waals surface area (Å²) in [5.74, 6) is 0.331. The topological polar surface area (TPSA) is 188 Å². The Morgan fingerprint density at radius 1 is 1.02 bits per heavy atom. The lowest BCUT2D eigenvalue weighted by Crippen LogP contribution is -2.48. The van der Waals surface area contributed by atoms with Crippen LogP contribution in [-0.2, 0) is 18.6 Å². The standard InChI is InChI=1S/C26H26N12O3/c27-5-2-26(3-11-35(12-4-26)25(40)41)38-21-1-6-28-24(39)22(21)23(34-38)33-20-14-18(16-36-29-7-8-30-36)13-19(15-20)17-37-31-9-10-32-37/h1,6-10,13-15H,2-4,11-12,16-17H2,(H,28,39)(H,33,34)(H,40,41). The van der Waals surface area contributed by atoms with E-state index in [1.54, 1.807) is 51.3 Å². The highest BCUT2D eigenvalue weighted by Gasteiger charge is 2.40. The summed E-state index contributed by atoms with van der Waals surface area (Å²) in [5.41, 5.74) is 1.97. The molecular weight excluding hydrogens is 528 g/mol. The number of carbonyl (C=O) groups is 1. The van der Waals surface area contributed by atoms with E-state index in [-0.39, 0.29) is 25.1 Å². The number of benzene rings is 1. The van der Waals surface area contributed by atoms with Gasteiger partial charge in [-0.2, -0.15) is 40.3 Å². The maximum Gasteiger partial charge on any atom is 0.407 e. The fourth-order valence-corrected chi connectivity index (χ4v) is 5.38. The molecule has 1 saturated heterocycles. The van der Waals surface area contributed by atoms with Crippen molar-refractivity contribution in [3.05, 3.63) is 76.7 Å². The summed E-state index contributed by atoms with van der Waals surface area (Å²) >= 11 is 0. The van der Waals surface area contributed by atoms with E-state index >= 15 is 0 Å². The van der Waals surface area contributed by atoms with E-state index in [0.29, 0.717) is 48.3 Å². The lowest BCUT2D eigenvalue weighted by molar-refractivity contribution is 0.0912. The molecule has 15 nitrogen and oxygen atoms in total. The van der Waals surface area contributed by atoms with Gasteiger partial charge >= 0.3 is 6.09 Å². The van der Waals surface area contributed by atoms with Crippen LogP contribution >= 0.6 is 0 Å². The van der Waals surface area contributed by atoms with E-state index in [9.17, 15) is 20.0 Å². The van der Waals surface area contributed by atoms with Crippen molar-refractivity contribution in [1.29, 1.82) is 5.26 Å². The van der Waals surface area contributed by atoms with Crippen LogP contribution in [0.15, 0.2) is 60.0 Å². The highest BCUT2D eigenvalue weighted by Crippen LogP contribution is 2.37. The van der Waals surface area contributed by atoms with E-state index in [0.717, 1.165) is 11.1 Å². The second kappa shape index (κ2) is 10.6. The van der Waals surface area contributed by atoms with Crippen molar-refractivity contribution < 1.29 is 9.90 Å². The normalized spacial score (nSPS) is 14.7. The number of likely N-dealkylation sites (tertiary alicyclic amines) is 1. The Kier molecular flexibility index (Phi) is 6.63. The van der Waals surface area contributed by atoms with E-state index in [1.807, 2.05) is 18.2 Å². The Hall–Kier alpha value is -5.52.